The molecule has 1 aromatic heterocycles. The quantitative estimate of drug-likeness (QED) is 0.870. The van der Waals surface area contributed by atoms with Crippen LogP contribution in [0.2, 0.25) is 0 Å². The minimum absolute atomic E-state index is 0.0157. The van der Waals surface area contributed by atoms with Gasteiger partial charge in [-0.15, -0.1) is 11.3 Å². The summed E-state index contributed by atoms with van der Waals surface area (Å²) in [5, 5.41) is 12.5. The Kier molecular flexibility index (Phi) is 5.06. The Labute approximate surface area is 145 Å². The molecule has 1 saturated heterocycles. The fourth-order valence-corrected chi connectivity index (χ4v) is 4.05. The predicted molar refractivity (Wildman–Crippen MR) is 93.0 cm³/mol. The highest BCUT2D eigenvalue weighted by molar-refractivity contribution is 7.12. The second-order valence-corrected chi connectivity index (χ2v) is 6.83. The van der Waals surface area contributed by atoms with Crippen molar-refractivity contribution in [1.29, 1.82) is 0 Å². The first-order chi connectivity index (χ1) is 11.6. The molecule has 1 aromatic carbocycles. The predicted octanol–water partition coefficient (Wildman–Crippen LogP) is 3.07. The maximum atomic E-state index is 11.7. The van der Waals surface area contributed by atoms with Gasteiger partial charge in [0.2, 0.25) is 0 Å². The molecule has 5 nitrogen and oxygen atoms in total. The lowest BCUT2D eigenvalue weighted by Crippen LogP contribution is -2.23. The van der Waals surface area contributed by atoms with Crippen LogP contribution in [0.25, 0.3) is 0 Å². The van der Waals surface area contributed by atoms with E-state index in [4.69, 9.17) is 9.47 Å². The standard InChI is InChI=1S/C18H21NO4S/c1-22-14-5-3-12(4-6-14)15-10-19(11-16(15)17(20)21)9-13-7-8-24-18(13)23-2/h3-8,15-16H,9-11H2,1-2H3,(H,20,21)/t15-,16+/m1/s1. The average molecular weight is 347 g/mol. The van der Waals surface area contributed by atoms with Crippen molar-refractivity contribution >= 4 is 17.3 Å². The van der Waals surface area contributed by atoms with Crippen LogP contribution in [0.5, 0.6) is 10.8 Å². The molecule has 1 aliphatic rings. The van der Waals surface area contributed by atoms with Gasteiger partial charge in [-0.2, -0.15) is 0 Å². The van der Waals surface area contributed by atoms with Crippen molar-refractivity contribution in [3.05, 3.63) is 46.8 Å². The monoisotopic (exact) mass is 347 g/mol. The minimum atomic E-state index is -0.740. The van der Waals surface area contributed by atoms with Crippen LogP contribution in [0.3, 0.4) is 0 Å². The van der Waals surface area contributed by atoms with Gasteiger partial charge in [-0.05, 0) is 29.1 Å². The van der Waals surface area contributed by atoms with E-state index in [1.165, 1.54) is 0 Å². The van der Waals surface area contributed by atoms with Crippen LogP contribution in [0.1, 0.15) is 17.0 Å². The number of nitrogens with zero attached hydrogens (tertiary/aromatic N) is 1. The molecular weight excluding hydrogens is 326 g/mol. The number of thiophene rings is 1. The Morgan fingerprint density at radius 2 is 1.96 bits per heavy atom. The lowest BCUT2D eigenvalue weighted by molar-refractivity contribution is -0.141. The summed E-state index contributed by atoms with van der Waals surface area (Å²) in [4.78, 5) is 13.9. The second-order valence-electron chi connectivity index (χ2n) is 5.96. The van der Waals surface area contributed by atoms with Gasteiger partial charge in [-0.25, -0.2) is 0 Å². The Hall–Kier alpha value is -2.05. The molecule has 0 aliphatic carbocycles. The van der Waals surface area contributed by atoms with E-state index in [0.29, 0.717) is 13.1 Å². The summed E-state index contributed by atoms with van der Waals surface area (Å²) in [5.41, 5.74) is 2.16. The molecule has 0 bridgehead atoms. The van der Waals surface area contributed by atoms with Gasteiger partial charge in [-0.1, -0.05) is 12.1 Å². The van der Waals surface area contributed by atoms with Crippen molar-refractivity contribution in [2.24, 2.45) is 5.92 Å². The van der Waals surface area contributed by atoms with Gasteiger partial charge in [0.05, 0.1) is 20.1 Å². The number of carboxylic acid groups (broad SMARTS) is 1. The molecule has 0 unspecified atom stereocenters. The van der Waals surface area contributed by atoms with Gasteiger partial charge in [0.25, 0.3) is 0 Å². The largest absolute Gasteiger partial charge is 0.497 e. The number of rotatable bonds is 6. The van der Waals surface area contributed by atoms with Crippen LogP contribution in [-0.2, 0) is 11.3 Å². The topological polar surface area (TPSA) is 59.0 Å². The fraction of sp³-hybridized carbons (Fsp3) is 0.389. The third-order valence-corrected chi connectivity index (χ3v) is 5.46. The lowest BCUT2D eigenvalue weighted by atomic mass is 9.89. The van der Waals surface area contributed by atoms with E-state index in [-0.39, 0.29) is 5.92 Å². The number of ether oxygens (including phenoxy) is 2. The van der Waals surface area contributed by atoms with Crippen molar-refractivity contribution in [3.63, 3.8) is 0 Å². The van der Waals surface area contributed by atoms with Crippen molar-refractivity contribution in [1.82, 2.24) is 4.90 Å². The summed E-state index contributed by atoms with van der Waals surface area (Å²) in [6.45, 7) is 1.98. The number of carbonyl (C=O) groups is 1. The molecule has 0 amide bonds. The van der Waals surface area contributed by atoms with E-state index in [9.17, 15) is 9.90 Å². The van der Waals surface area contributed by atoms with Crippen LogP contribution in [-0.4, -0.2) is 43.3 Å². The number of hydrogen-bond acceptors (Lipinski definition) is 5. The Balaban J connectivity index is 1.77. The van der Waals surface area contributed by atoms with Gasteiger partial charge < -0.3 is 14.6 Å². The maximum Gasteiger partial charge on any atom is 0.308 e. The van der Waals surface area contributed by atoms with Gasteiger partial charge in [-0.3, -0.25) is 9.69 Å². The van der Waals surface area contributed by atoms with Crippen LogP contribution in [0.15, 0.2) is 35.7 Å². The number of aliphatic carboxylic acids is 1. The number of benzene rings is 1. The molecule has 0 radical (unpaired) electrons. The molecule has 0 saturated carbocycles. The van der Waals surface area contributed by atoms with Gasteiger partial charge >= 0.3 is 5.97 Å². The lowest BCUT2D eigenvalue weighted by Gasteiger charge is -2.16. The summed E-state index contributed by atoms with van der Waals surface area (Å²) in [5.74, 6) is -0.375. The molecular formula is C18H21NO4S. The van der Waals surface area contributed by atoms with E-state index in [1.54, 1.807) is 25.6 Å². The zero-order valence-corrected chi connectivity index (χ0v) is 14.6. The number of hydrogen-bond donors (Lipinski definition) is 1. The van der Waals surface area contributed by atoms with Crippen LogP contribution in [0.4, 0.5) is 0 Å². The SMILES string of the molecule is COc1ccc([C@H]2CN(Cc3ccsc3OC)C[C@@H]2C(=O)O)cc1. The third kappa shape index (κ3) is 3.39. The van der Waals surface area contributed by atoms with E-state index in [0.717, 1.165) is 28.5 Å². The summed E-state index contributed by atoms with van der Waals surface area (Å²) in [6, 6.07) is 9.75. The van der Waals surface area contributed by atoms with Gasteiger partial charge in [0.15, 0.2) is 5.06 Å². The van der Waals surface area contributed by atoms with Crippen molar-refractivity contribution < 1.29 is 19.4 Å². The van der Waals surface area contributed by atoms with E-state index >= 15 is 0 Å². The van der Waals surface area contributed by atoms with E-state index < -0.39 is 11.9 Å². The van der Waals surface area contributed by atoms with Gasteiger partial charge in [0.1, 0.15) is 5.75 Å². The molecule has 1 fully saturated rings. The third-order valence-electron chi connectivity index (χ3n) is 4.54. The molecule has 2 atom stereocenters. The molecule has 128 valence electrons. The minimum Gasteiger partial charge on any atom is -0.497 e. The molecule has 24 heavy (non-hydrogen) atoms. The Bertz CT molecular complexity index is 697. The normalized spacial score (nSPS) is 20.9. The summed E-state index contributed by atoms with van der Waals surface area (Å²) in [6.07, 6.45) is 0. The molecule has 6 heteroatoms. The maximum absolute atomic E-state index is 11.7. The van der Waals surface area contributed by atoms with Gasteiger partial charge in [0, 0.05) is 31.1 Å². The van der Waals surface area contributed by atoms with Crippen LogP contribution >= 0.6 is 11.3 Å². The number of carboxylic acids is 1. The first-order valence-corrected chi connectivity index (χ1v) is 8.69. The zero-order valence-electron chi connectivity index (χ0n) is 13.8. The smallest absolute Gasteiger partial charge is 0.308 e. The summed E-state index contributed by atoms with van der Waals surface area (Å²) in [7, 11) is 3.29. The van der Waals surface area contributed by atoms with Crippen molar-refractivity contribution in [2.45, 2.75) is 12.5 Å². The Morgan fingerprint density at radius 1 is 1.21 bits per heavy atom. The van der Waals surface area contributed by atoms with E-state index in [2.05, 4.69) is 4.90 Å². The van der Waals surface area contributed by atoms with Crippen LogP contribution < -0.4 is 9.47 Å². The molecule has 2 heterocycles. The first kappa shape index (κ1) is 16.8. The zero-order chi connectivity index (χ0) is 17.1. The highest BCUT2D eigenvalue weighted by atomic mass is 32.1. The van der Waals surface area contributed by atoms with Crippen molar-refractivity contribution in [2.75, 3.05) is 27.3 Å². The molecule has 1 aliphatic heterocycles. The molecule has 1 N–H and O–H groups in total. The molecule has 3 rings (SSSR count). The van der Waals surface area contributed by atoms with Crippen LogP contribution in [0, 0.1) is 5.92 Å². The Morgan fingerprint density at radius 3 is 2.58 bits per heavy atom. The number of likely N-dealkylation sites (tertiary alicyclic amines) is 1. The van der Waals surface area contributed by atoms with Crippen molar-refractivity contribution in [3.8, 4) is 10.8 Å². The summed E-state index contributed by atoms with van der Waals surface area (Å²) < 4.78 is 10.6. The number of methoxy groups -OCH3 is 2. The first-order valence-electron chi connectivity index (χ1n) is 7.82. The highest BCUT2D eigenvalue weighted by Crippen LogP contribution is 2.36. The van der Waals surface area contributed by atoms with E-state index in [1.807, 2.05) is 35.7 Å². The fourth-order valence-electron chi connectivity index (χ4n) is 3.31. The second kappa shape index (κ2) is 7.23. The average Bonchev–Trinajstić information content (AvgIpc) is 3.22. The molecule has 2 aromatic rings. The molecule has 0 spiro atoms. The highest BCUT2D eigenvalue weighted by Gasteiger charge is 2.38. The summed E-state index contributed by atoms with van der Waals surface area (Å²) >= 11 is 1.56.